The summed E-state index contributed by atoms with van der Waals surface area (Å²) in [5.41, 5.74) is -13.5. The summed E-state index contributed by atoms with van der Waals surface area (Å²) in [4.78, 5) is 0. The number of alkyl halides is 6. The van der Waals surface area contributed by atoms with Gasteiger partial charge in [-0.1, -0.05) is 12.1 Å². The smallest absolute Gasteiger partial charge is 0.218 e. The Morgan fingerprint density at radius 1 is 0.773 bits per heavy atom. The Hall–Kier alpha value is -0.570. The van der Waals surface area contributed by atoms with Crippen LogP contribution in [-0.4, -0.2) is 27.9 Å². The fourth-order valence-electron chi connectivity index (χ4n) is 1.39. The van der Waals surface area contributed by atoms with Gasteiger partial charge in [-0.2, -0.15) is 26.3 Å². The quantitative estimate of drug-likeness (QED) is 0.491. The van der Waals surface area contributed by atoms with Gasteiger partial charge in [0.2, 0.25) is 4.58 Å². The van der Waals surface area contributed by atoms with E-state index in [0.29, 0.717) is 15.7 Å². The Labute approximate surface area is 134 Å². The maximum absolute atomic E-state index is 12.5. The Kier molecular flexibility index (Phi) is 5.15. The molecule has 0 radical (unpaired) electrons. The van der Waals surface area contributed by atoms with E-state index in [2.05, 4.69) is 0 Å². The van der Waals surface area contributed by atoms with Gasteiger partial charge < -0.3 is 0 Å². The molecule has 0 aromatic heterocycles. The molecular weight excluding hydrogens is 477 g/mol. The van der Waals surface area contributed by atoms with E-state index < -0.39 is 40.8 Å². The molecule has 0 saturated heterocycles. The third-order valence-corrected chi connectivity index (χ3v) is 7.55. The maximum Gasteiger partial charge on any atom is 0.499 e. The zero-order valence-corrected chi connectivity index (χ0v) is 13.8. The normalized spacial score (nSPS) is 14.4. The SMILES string of the molecule is O=S(=O)(C(c1ccc(I)cc1)S(=O)(=O)C(F)(F)F)C(F)(F)F. The third kappa shape index (κ3) is 3.50. The molecule has 0 saturated carbocycles. The van der Waals surface area contributed by atoms with Crippen molar-refractivity contribution in [3.63, 3.8) is 0 Å². The molecule has 1 aromatic rings. The van der Waals surface area contributed by atoms with Crippen molar-refractivity contribution in [3.05, 3.63) is 33.4 Å². The average molecular weight is 482 g/mol. The summed E-state index contributed by atoms with van der Waals surface area (Å²) in [6.07, 6.45) is 0. The van der Waals surface area contributed by atoms with Crippen molar-refractivity contribution in [3.8, 4) is 0 Å². The zero-order chi connectivity index (χ0) is 17.6. The Morgan fingerprint density at radius 3 is 1.36 bits per heavy atom. The average Bonchev–Trinajstić information content (AvgIpc) is 2.28. The molecule has 1 rings (SSSR count). The molecule has 0 heterocycles. The lowest BCUT2D eigenvalue weighted by molar-refractivity contribution is -0.0472. The first-order valence-corrected chi connectivity index (χ1v) is 9.15. The van der Waals surface area contributed by atoms with Crippen molar-refractivity contribution in [2.75, 3.05) is 0 Å². The van der Waals surface area contributed by atoms with Crippen LogP contribution in [-0.2, 0) is 19.7 Å². The molecule has 0 aliphatic carbocycles. The van der Waals surface area contributed by atoms with Gasteiger partial charge in [0, 0.05) is 3.57 Å². The highest BCUT2D eigenvalue weighted by molar-refractivity contribution is 14.1. The minimum Gasteiger partial charge on any atom is -0.218 e. The number of benzene rings is 1. The van der Waals surface area contributed by atoms with Crippen molar-refractivity contribution in [1.82, 2.24) is 0 Å². The van der Waals surface area contributed by atoms with Crippen LogP contribution in [0.25, 0.3) is 0 Å². The van der Waals surface area contributed by atoms with Gasteiger partial charge in [0.1, 0.15) is 0 Å². The summed E-state index contributed by atoms with van der Waals surface area (Å²) in [6.45, 7) is 0. The highest BCUT2D eigenvalue weighted by Crippen LogP contribution is 2.44. The fraction of sp³-hybridized carbons (Fsp3) is 0.333. The van der Waals surface area contributed by atoms with Crippen LogP contribution in [0.1, 0.15) is 10.1 Å². The van der Waals surface area contributed by atoms with Gasteiger partial charge in [0.15, 0.2) is 0 Å². The van der Waals surface area contributed by atoms with Gasteiger partial charge in [0.25, 0.3) is 19.7 Å². The van der Waals surface area contributed by atoms with Crippen molar-refractivity contribution < 1.29 is 43.2 Å². The van der Waals surface area contributed by atoms with Crippen LogP contribution >= 0.6 is 22.6 Å². The lowest BCUT2D eigenvalue weighted by atomic mass is 10.2. The van der Waals surface area contributed by atoms with E-state index in [0.717, 1.165) is 12.1 Å². The van der Waals surface area contributed by atoms with E-state index in [1.54, 1.807) is 22.6 Å². The molecule has 0 unspecified atom stereocenters. The first-order chi connectivity index (χ1) is 9.62. The van der Waals surface area contributed by atoms with Crippen molar-refractivity contribution >= 4 is 42.3 Å². The van der Waals surface area contributed by atoms with Gasteiger partial charge in [0.05, 0.1) is 0 Å². The minimum atomic E-state index is -6.66. The summed E-state index contributed by atoms with van der Waals surface area (Å²) in [7, 11) is -13.3. The van der Waals surface area contributed by atoms with E-state index in [-0.39, 0.29) is 0 Å². The van der Waals surface area contributed by atoms with Crippen LogP contribution in [0, 0.1) is 3.57 Å². The van der Waals surface area contributed by atoms with Crippen molar-refractivity contribution in [1.29, 1.82) is 0 Å². The zero-order valence-electron chi connectivity index (χ0n) is 9.98. The largest absolute Gasteiger partial charge is 0.499 e. The molecule has 126 valence electrons. The second-order valence-electron chi connectivity index (χ2n) is 3.86. The van der Waals surface area contributed by atoms with E-state index in [1.165, 1.54) is 0 Å². The number of hydrogen-bond donors (Lipinski definition) is 0. The van der Waals surface area contributed by atoms with Crippen LogP contribution in [0.4, 0.5) is 26.3 Å². The Bertz CT molecular complexity index is 705. The van der Waals surface area contributed by atoms with Crippen LogP contribution in [0.15, 0.2) is 24.3 Å². The van der Waals surface area contributed by atoms with Gasteiger partial charge in [-0.15, -0.1) is 0 Å². The highest BCUT2D eigenvalue weighted by Gasteiger charge is 2.63. The number of rotatable bonds is 3. The van der Waals surface area contributed by atoms with Gasteiger partial charge in [-0.05, 0) is 40.3 Å². The van der Waals surface area contributed by atoms with Gasteiger partial charge in [-0.3, -0.25) is 0 Å². The Morgan fingerprint density at radius 2 is 1.09 bits per heavy atom. The summed E-state index contributed by atoms with van der Waals surface area (Å²) in [5, 5.41) is 0. The lowest BCUT2D eigenvalue weighted by Crippen LogP contribution is -2.39. The van der Waals surface area contributed by atoms with Gasteiger partial charge >= 0.3 is 11.0 Å². The highest BCUT2D eigenvalue weighted by atomic mass is 127. The van der Waals surface area contributed by atoms with E-state index in [9.17, 15) is 43.2 Å². The first kappa shape index (κ1) is 19.5. The van der Waals surface area contributed by atoms with Crippen LogP contribution in [0.3, 0.4) is 0 Å². The molecule has 0 aliphatic heterocycles. The minimum absolute atomic E-state index is 0.355. The molecule has 0 bridgehead atoms. The molecule has 0 amide bonds. The summed E-state index contributed by atoms with van der Waals surface area (Å²) < 4.78 is 117. The van der Waals surface area contributed by atoms with Gasteiger partial charge in [-0.25, -0.2) is 16.8 Å². The number of sulfone groups is 2. The van der Waals surface area contributed by atoms with Crippen LogP contribution in [0.2, 0.25) is 0 Å². The van der Waals surface area contributed by atoms with Crippen molar-refractivity contribution in [2.45, 2.75) is 15.6 Å². The van der Waals surface area contributed by atoms with E-state index >= 15 is 0 Å². The molecule has 22 heavy (non-hydrogen) atoms. The molecule has 0 spiro atoms. The number of hydrogen-bond acceptors (Lipinski definition) is 4. The van der Waals surface area contributed by atoms with Crippen LogP contribution in [0.5, 0.6) is 0 Å². The van der Waals surface area contributed by atoms with E-state index in [4.69, 9.17) is 0 Å². The molecule has 1 aromatic carbocycles. The molecule has 4 nitrogen and oxygen atoms in total. The van der Waals surface area contributed by atoms with E-state index in [1.807, 2.05) is 0 Å². The summed E-state index contributed by atoms with van der Waals surface area (Å²) >= 11 is 1.65. The lowest BCUT2D eigenvalue weighted by Gasteiger charge is -2.21. The monoisotopic (exact) mass is 482 g/mol. The van der Waals surface area contributed by atoms with Crippen molar-refractivity contribution in [2.24, 2.45) is 0 Å². The molecule has 0 atom stereocenters. The summed E-state index contributed by atoms with van der Waals surface area (Å²) in [6, 6.07) is 3.14. The predicted molar refractivity (Wildman–Crippen MR) is 71.8 cm³/mol. The molecule has 0 aliphatic rings. The standard InChI is InChI=1S/C9H5F6IO4S2/c10-8(11,12)21(17,18)7(22(19,20)9(13,14)15)5-1-3-6(16)4-2-5/h1-4,7H. The fourth-order valence-corrected chi connectivity index (χ4v) is 5.25. The second kappa shape index (κ2) is 5.81. The molecule has 0 N–H and O–H groups in total. The first-order valence-electron chi connectivity index (χ1n) is 4.98. The molecule has 13 heteroatoms. The predicted octanol–water partition coefficient (Wildman–Crippen LogP) is 3.16. The molecular formula is C9H5F6IO4S2. The topological polar surface area (TPSA) is 68.3 Å². The van der Waals surface area contributed by atoms with Crippen LogP contribution < -0.4 is 0 Å². The third-order valence-electron chi connectivity index (χ3n) is 2.35. The Balaban J connectivity index is 3.73. The maximum atomic E-state index is 12.5. The number of halogens is 7. The second-order valence-corrected chi connectivity index (χ2v) is 9.46. The summed E-state index contributed by atoms with van der Waals surface area (Å²) in [5.74, 6) is 0. The molecule has 0 fully saturated rings.